The van der Waals surface area contributed by atoms with Crippen molar-refractivity contribution in [1.29, 1.82) is 0 Å². The van der Waals surface area contributed by atoms with Gasteiger partial charge in [-0.25, -0.2) is 13.2 Å². The first-order chi connectivity index (χ1) is 52.3. The lowest BCUT2D eigenvalue weighted by Gasteiger charge is -2.32. The minimum Gasteiger partial charge on any atom is -0.399 e. The average Bonchev–Trinajstić information content (AvgIpc) is 1.57. The molecule has 19 heteroatoms. The Labute approximate surface area is 639 Å². The van der Waals surface area contributed by atoms with Gasteiger partial charge in [-0.2, -0.15) is 15.3 Å². The number of hydrogen-bond acceptors (Lipinski definition) is 10. The number of halogens is 5. The van der Waals surface area contributed by atoms with Crippen LogP contribution in [0.2, 0.25) is 0 Å². The molecule has 0 amide bonds. The number of benzene rings is 10. The van der Waals surface area contributed by atoms with E-state index in [1.807, 2.05) is 181 Å². The number of anilines is 1. The van der Waals surface area contributed by atoms with Crippen LogP contribution in [-0.4, -0.2) is 68.0 Å². The molecule has 1 fully saturated rings. The Morgan fingerprint density at radius 3 is 1.29 bits per heavy atom. The summed E-state index contributed by atoms with van der Waals surface area (Å²) in [6, 6.07) is 69.7. The van der Waals surface area contributed by atoms with Crippen molar-refractivity contribution in [2.24, 2.45) is 14.1 Å². The molecule has 8 heterocycles. The Bertz CT molecular complexity index is 6050. The highest BCUT2D eigenvalue weighted by molar-refractivity contribution is 9.11. The molecule has 17 aromatic rings. The Morgan fingerprint density at radius 2 is 0.806 bits per heavy atom. The zero-order valence-corrected chi connectivity index (χ0v) is 62.9. The molecule has 532 valence electrons. The highest BCUT2D eigenvalue weighted by Gasteiger charge is 2.51. The van der Waals surface area contributed by atoms with Gasteiger partial charge in [0.2, 0.25) is 0 Å². The minimum atomic E-state index is -0.370. The molecular weight excluding hydrogens is 1480 g/mol. The predicted molar refractivity (Wildman–Crippen MR) is 444 cm³/mol. The number of aromatic amines is 1. The fraction of sp³-hybridized carbons (Fsp3) is 0.0899. The third-order valence-corrected chi connectivity index (χ3v) is 20.3. The molecule has 108 heavy (non-hydrogen) atoms. The van der Waals surface area contributed by atoms with E-state index >= 15 is 0 Å². The van der Waals surface area contributed by atoms with Gasteiger partial charge >= 0.3 is 7.12 Å². The zero-order valence-electron chi connectivity index (χ0n) is 59.8. The van der Waals surface area contributed by atoms with Gasteiger partial charge in [0.25, 0.3) is 0 Å². The van der Waals surface area contributed by atoms with Crippen molar-refractivity contribution in [2.45, 2.75) is 38.9 Å². The first kappa shape index (κ1) is 72.9. The van der Waals surface area contributed by atoms with Crippen LogP contribution in [0.25, 0.3) is 135 Å². The summed E-state index contributed by atoms with van der Waals surface area (Å²) in [7, 11) is 3.53. The van der Waals surface area contributed by atoms with Gasteiger partial charge in [-0.1, -0.05) is 182 Å². The van der Waals surface area contributed by atoms with Crippen molar-refractivity contribution >= 4 is 162 Å². The number of nitrogens with two attached hydrogens (primary N) is 1. The van der Waals surface area contributed by atoms with E-state index in [1.165, 1.54) is 18.2 Å². The standard InChI is InChI=1S/C25H18FN3.C24H16FN3.C22H25BN2O2.C9H5BrFN.C9H7BrN2/c1-29-24-13-11-18(21-16-27-15-19-8-5-9-22(26)25(19)21)14-20(24)23(28-29)12-10-17-6-3-2-4-7-17;25-21-8-4-7-18-14-26-15-20(24(18)21)17-10-12-23-19(13-17)22(27-28-23)11-9-16-5-2-1-3-6-16;1-21(2)22(3,4)27-23(26-21)17-12-14-20-18(15-17)19(24-25(20)5)13-11-16-9-7-6-8-10-16;2*10-7-5-12-4-6-2-1-3-8(11)9(6)7/h2-16H,1H3;1-15H,(H,27,28);6-15H,1-5H3;1-5H;1-5H,11H2/b12-10+;11-9+;13-11+;;. The molecule has 0 spiro atoms. The summed E-state index contributed by atoms with van der Waals surface area (Å²) in [6.45, 7) is 8.29. The van der Waals surface area contributed by atoms with Crippen molar-refractivity contribution < 1.29 is 22.5 Å². The summed E-state index contributed by atoms with van der Waals surface area (Å²) in [4.78, 5) is 16.6. The maximum absolute atomic E-state index is 14.6. The van der Waals surface area contributed by atoms with Gasteiger partial charge in [0.15, 0.2) is 0 Å². The number of aromatic nitrogens is 10. The number of nitrogens with zero attached hydrogens (tertiary/aromatic N) is 9. The van der Waals surface area contributed by atoms with E-state index in [1.54, 1.807) is 67.8 Å². The number of pyridine rings is 4. The van der Waals surface area contributed by atoms with Crippen LogP contribution in [0.15, 0.2) is 277 Å². The second-order valence-electron chi connectivity index (χ2n) is 26.8. The van der Waals surface area contributed by atoms with Crippen LogP contribution in [0.1, 0.15) is 61.5 Å². The fourth-order valence-corrected chi connectivity index (χ4v) is 14.0. The third kappa shape index (κ3) is 15.9. The van der Waals surface area contributed by atoms with Crippen molar-refractivity contribution in [1.82, 2.24) is 49.7 Å². The predicted octanol–water partition coefficient (Wildman–Crippen LogP) is 21.9. The van der Waals surface area contributed by atoms with Gasteiger partial charge < -0.3 is 15.0 Å². The minimum absolute atomic E-state index is 0.221. The van der Waals surface area contributed by atoms with Crippen LogP contribution in [0.4, 0.5) is 18.9 Å². The SMILES string of the molecule is Cn1nc(/C=C/c2ccccc2)c2cc(-c3cncc4cccc(F)c34)ccc21.Cn1nc(/C=C/c2ccccc2)c2cc(B3OC(C)(C)C(C)(C)O3)ccc21.Fc1cccc2cncc(-c3ccc4[nH]nc(/C=C/c5ccccc5)c4c3)c12.Fc1cccc2cncc(Br)c12.Nc1cccc2cncc(Br)c12. The lowest BCUT2D eigenvalue weighted by molar-refractivity contribution is 0.00578. The Morgan fingerprint density at radius 1 is 0.407 bits per heavy atom. The number of nitrogen functional groups attached to an aromatic ring is 1. The maximum atomic E-state index is 14.6. The number of hydrogen-bond donors (Lipinski definition) is 2. The van der Waals surface area contributed by atoms with Crippen LogP contribution in [-0.2, 0) is 23.4 Å². The molecule has 1 aliphatic heterocycles. The Kier molecular flexibility index (Phi) is 21.6. The summed E-state index contributed by atoms with van der Waals surface area (Å²) >= 11 is 6.65. The molecule has 0 saturated carbocycles. The second-order valence-corrected chi connectivity index (χ2v) is 28.5. The largest absolute Gasteiger partial charge is 0.494 e. The van der Waals surface area contributed by atoms with Crippen molar-refractivity contribution in [3.8, 4) is 22.3 Å². The Hall–Kier alpha value is -12.0. The summed E-state index contributed by atoms with van der Waals surface area (Å²) < 4.78 is 60.1. The van der Waals surface area contributed by atoms with Crippen LogP contribution in [0.5, 0.6) is 0 Å². The molecule has 1 aliphatic rings. The number of rotatable bonds is 9. The molecule has 3 N–H and O–H groups in total. The molecule has 13 nitrogen and oxygen atoms in total. The maximum Gasteiger partial charge on any atom is 0.494 e. The number of H-pyrrole nitrogens is 1. The zero-order chi connectivity index (χ0) is 75.1. The van der Waals surface area contributed by atoms with Crippen LogP contribution >= 0.6 is 31.9 Å². The van der Waals surface area contributed by atoms with Crippen molar-refractivity contribution in [2.75, 3.05) is 5.73 Å². The summed E-state index contributed by atoms with van der Waals surface area (Å²) in [6.07, 6.45) is 25.8. The molecule has 0 unspecified atom stereocenters. The normalized spacial score (nSPS) is 13.1. The van der Waals surface area contributed by atoms with Gasteiger partial charge in [-0.15, -0.1) is 0 Å². The average molecular weight is 1550 g/mol. The molecule has 1 saturated heterocycles. The molecule has 0 bridgehead atoms. The first-order valence-electron chi connectivity index (χ1n) is 34.8. The highest BCUT2D eigenvalue weighted by atomic mass is 79.9. The lowest BCUT2D eigenvalue weighted by atomic mass is 9.78. The summed E-state index contributed by atoms with van der Waals surface area (Å²) in [5.41, 5.74) is 19.4. The fourth-order valence-electron chi connectivity index (χ4n) is 12.9. The van der Waals surface area contributed by atoms with E-state index in [9.17, 15) is 13.2 Å². The van der Waals surface area contributed by atoms with Gasteiger partial charge in [0.05, 0.1) is 44.8 Å². The van der Waals surface area contributed by atoms with Crippen molar-refractivity contribution in [3.05, 3.63) is 328 Å². The quantitative estimate of drug-likeness (QED) is 0.105. The third-order valence-electron chi connectivity index (χ3n) is 19.1. The molecule has 0 aliphatic carbocycles. The summed E-state index contributed by atoms with van der Waals surface area (Å²) in [5.74, 6) is -0.705. The van der Waals surface area contributed by atoms with Crippen LogP contribution in [0.3, 0.4) is 0 Å². The number of fused-ring (bicyclic) bond motifs is 7. The number of nitrogens with one attached hydrogen (secondary N) is 1. The Balaban J connectivity index is 0.000000118. The van der Waals surface area contributed by atoms with Crippen molar-refractivity contribution in [3.63, 3.8) is 0 Å². The van der Waals surface area contributed by atoms with E-state index in [-0.39, 0.29) is 35.8 Å². The van der Waals surface area contributed by atoms with Gasteiger partial charge in [-0.3, -0.25) is 34.4 Å². The second kappa shape index (κ2) is 32.0. The van der Waals surface area contributed by atoms with E-state index in [2.05, 4.69) is 161 Å². The molecular formula is C89H71BBr2F3N11O2. The number of aryl methyl sites for hydroxylation is 2. The summed E-state index contributed by atoms with van der Waals surface area (Å²) in [5, 5.41) is 26.2. The first-order valence-corrected chi connectivity index (χ1v) is 36.4. The molecule has 7 aromatic heterocycles. The van der Waals surface area contributed by atoms with Gasteiger partial charge in [-0.05, 0) is 166 Å². The van der Waals surface area contributed by atoms with Gasteiger partial charge in [0, 0.05) is 149 Å². The van der Waals surface area contributed by atoms with E-state index < -0.39 is 0 Å². The van der Waals surface area contributed by atoms with Crippen LogP contribution in [0, 0.1) is 17.5 Å². The topological polar surface area (TPSA) is 160 Å². The lowest BCUT2D eigenvalue weighted by Crippen LogP contribution is -2.41. The smallest absolute Gasteiger partial charge is 0.399 e. The van der Waals surface area contributed by atoms with Gasteiger partial charge in [0.1, 0.15) is 17.5 Å². The highest BCUT2D eigenvalue weighted by Crippen LogP contribution is 2.39. The monoisotopic (exact) mass is 1550 g/mol. The van der Waals surface area contributed by atoms with E-state index in [4.69, 9.17) is 15.0 Å². The van der Waals surface area contributed by atoms with E-state index in [0.29, 0.717) is 20.6 Å². The molecule has 0 atom stereocenters. The molecule has 18 rings (SSSR count). The molecule has 10 aromatic carbocycles. The molecule has 0 radical (unpaired) electrons. The van der Waals surface area contributed by atoms with E-state index in [0.717, 1.165) is 131 Å². The van der Waals surface area contributed by atoms with Crippen LogP contribution < -0.4 is 11.2 Å².